The summed E-state index contributed by atoms with van der Waals surface area (Å²) in [5.74, 6) is 0.501. The standard InChI is InChI=1S/C19H23BrN2O2/c1-3-22(4-2)13-15-6-5-7-17(12-15)21-19(23)14-24-18-10-8-16(20)9-11-18/h5-12H,3-4,13-14H2,1-2H3,(H,21,23). The fourth-order valence-electron chi connectivity index (χ4n) is 2.33. The molecule has 5 heteroatoms. The molecule has 0 saturated heterocycles. The molecule has 0 aliphatic rings. The van der Waals surface area contributed by atoms with Gasteiger partial charge < -0.3 is 10.1 Å². The first-order valence-corrected chi connectivity index (χ1v) is 8.89. The molecule has 0 aliphatic heterocycles. The van der Waals surface area contributed by atoms with E-state index in [0.29, 0.717) is 5.75 Å². The van der Waals surface area contributed by atoms with Crippen LogP contribution in [0, 0.1) is 0 Å². The van der Waals surface area contributed by atoms with Crippen molar-refractivity contribution in [3.8, 4) is 5.75 Å². The quantitative estimate of drug-likeness (QED) is 0.729. The van der Waals surface area contributed by atoms with Crippen LogP contribution < -0.4 is 10.1 Å². The van der Waals surface area contributed by atoms with Crippen LogP contribution in [0.4, 0.5) is 5.69 Å². The van der Waals surface area contributed by atoms with E-state index in [1.165, 1.54) is 5.56 Å². The number of benzene rings is 2. The van der Waals surface area contributed by atoms with Gasteiger partial charge in [0.15, 0.2) is 6.61 Å². The fraction of sp³-hybridized carbons (Fsp3) is 0.316. The summed E-state index contributed by atoms with van der Waals surface area (Å²) in [5, 5.41) is 2.88. The van der Waals surface area contributed by atoms with Crippen LogP contribution in [0.5, 0.6) is 5.75 Å². The first-order valence-electron chi connectivity index (χ1n) is 8.10. The van der Waals surface area contributed by atoms with Gasteiger partial charge in [0.1, 0.15) is 5.75 Å². The van der Waals surface area contributed by atoms with E-state index in [1.54, 1.807) is 0 Å². The van der Waals surface area contributed by atoms with Crippen molar-refractivity contribution in [2.45, 2.75) is 20.4 Å². The summed E-state index contributed by atoms with van der Waals surface area (Å²) in [4.78, 5) is 14.4. The van der Waals surface area contributed by atoms with Crippen LogP contribution in [0.15, 0.2) is 53.0 Å². The Hall–Kier alpha value is -1.85. The normalized spacial score (nSPS) is 10.7. The van der Waals surface area contributed by atoms with Crippen LogP contribution in [0.3, 0.4) is 0 Å². The van der Waals surface area contributed by atoms with Gasteiger partial charge in [-0.05, 0) is 55.1 Å². The van der Waals surface area contributed by atoms with E-state index in [4.69, 9.17) is 4.74 Å². The van der Waals surface area contributed by atoms with Gasteiger partial charge in [0, 0.05) is 16.7 Å². The smallest absolute Gasteiger partial charge is 0.262 e. The van der Waals surface area contributed by atoms with Gasteiger partial charge in [-0.3, -0.25) is 9.69 Å². The molecule has 2 aromatic rings. The summed E-state index contributed by atoms with van der Waals surface area (Å²) in [6.07, 6.45) is 0. The summed E-state index contributed by atoms with van der Waals surface area (Å²) in [5.41, 5.74) is 1.98. The van der Waals surface area contributed by atoms with Crippen molar-refractivity contribution < 1.29 is 9.53 Å². The van der Waals surface area contributed by atoms with E-state index in [1.807, 2.05) is 42.5 Å². The number of rotatable bonds is 8. The number of nitrogens with zero attached hydrogens (tertiary/aromatic N) is 1. The highest BCUT2D eigenvalue weighted by Gasteiger charge is 2.06. The number of anilines is 1. The molecule has 4 nitrogen and oxygen atoms in total. The highest BCUT2D eigenvalue weighted by Crippen LogP contribution is 2.16. The Labute approximate surface area is 151 Å². The van der Waals surface area contributed by atoms with Gasteiger partial charge in [0.2, 0.25) is 0 Å². The van der Waals surface area contributed by atoms with Gasteiger partial charge in [-0.25, -0.2) is 0 Å². The maximum absolute atomic E-state index is 12.0. The van der Waals surface area contributed by atoms with Crippen molar-refractivity contribution in [1.29, 1.82) is 0 Å². The average Bonchev–Trinajstić information content (AvgIpc) is 2.59. The Balaban J connectivity index is 1.88. The zero-order chi connectivity index (χ0) is 17.4. The summed E-state index contributed by atoms with van der Waals surface area (Å²) in [6, 6.07) is 15.3. The maximum atomic E-state index is 12.0. The van der Waals surface area contributed by atoms with Gasteiger partial charge in [-0.15, -0.1) is 0 Å². The first-order chi connectivity index (χ1) is 11.6. The number of ether oxygens (including phenoxy) is 1. The highest BCUT2D eigenvalue weighted by molar-refractivity contribution is 9.10. The highest BCUT2D eigenvalue weighted by atomic mass is 79.9. The van der Waals surface area contributed by atoms with E-state index in [2.05, 4.69) is 46.1 Å². The van der Waals surface area contributed by atoms with Crippen molar-refractivity contribution in [2.75, 3.05) is 25.0 Å². The zero-order valence-corrected chi connectivity index (χ0v) is 15.7. The number of carbonyl (C=O) groups excluding carboxylic acids is 1. The van der Waals surface area contributed by atoms with Crippen molar-refractivity contribution in [2.24, 2.45) is 0 Å². The molecule has 0 aliphatic carbocycles. The molecule has 0 unspecified atom stereocenters. The summed E-state index contributed by atoms with van der Waals surface area (Å²) in [6.45, 7) is 7.18. The lowest BCUT2D eigenvalue weighted by Crippen LogP contribution is -2.22. The topological polar surface area (TPSA) is 41.6 Å². The van der Waals surface area contributed by atoms with Crippen LogP contribution in [0.1, 0.15) is 19.4 Å². The van der Waals surface area contributed by atoms with Crippen molar-refractivity contribution >= 4 is 27.5 Å². The van der Waals surface area contributed by atoms with E-state index in [-0.39, 0.29) is 12.5 Å². The number of amides is 1. The van der Waals surface area contributed by atoms with Crippen LogP contribution >= 0.6 is 15.9 Å². The molecule has 0 spiro atoms. The summed E-state index contributed by atoms with van der Waals surface area (Å²) < 4.78 is 6.46. The van der Waals surface area contributed by atoms with Gasteiger partial charge in [0.05, 0.1) is 0 Å². The monoisotopic (exact) mass is 390 g/mol. The van der Waals surface area contributed by atoms with Crippen LogP contribution in [-0.2, 0) is 11.3 Å². The molecule has 0 fully saturated rings. The van der Waals surface area contributed by atoms with E-state index < -0.39 is 0 Å². The molecule has 0 bridgehead atoms. The second kappa shape index (κ2) is 9.45. The fourth-order valence-corrected chi connectivity index (χ4v) is 2.59. The Morgan fingerprint density at radius 2 is 1.83 bits per heavy atom. The minimum absolute atomic E-state index is 0.0120. The second-order valence-electron chi connectivity index (χ2n) is 5.45. The third kappa shape index (κ3) is 5.98. The lowest BCUT2D eigenvalue weighted by atomic mass is 10.2. The molecule has 0 aromatic heterocycles. The molecule has 0 radical (unpaired) electrons. The number of hydrogen-bond donors (Lipinski definition) is 1. The van der Waals surface area contributed by atoms with Crippen LogP contribution in [0.25, 0.3) is 0 Å². The van der Waals surface area contributed by atoms with Gasteiger partial charge in [-0.2, -0.15) is 0 Å². The zero-order valence-electron chi connectivity index (χ0n) is 14.1. The number of nitrogens with one attached hydrogen (secondary N) is 1. The Morgan fingerprint density at radius 1 is 1.12 bits per heavy atom. The Kier molecular flexibility index (Phi) is 7.28. The molecular weight excluding hydrogens is 368 g/mol. The average molecular weight is 391 g/mol. The molecule has 0 atom stereocenters. The van der Waals surface area contributed by atoms with Gasteiger partial charge in [0.25, 0.3) is 5.91 Å². The number of hydrogen-bond acceptors (Lipinski definition) is 3. The van der Waals surface area contributed by atoms with Crippen molar-refractivity contribution in [1.82, 2.24) is 4.90 Å². The SMILES string of the molecule is CCN(CC)Cc1cccc(NC(=O)COc2ccc(Br)cc2)c1. The molecule has 0 saturated carbocycles. The van der Waals surface area contributed by atoms with E-state index in [9.17, 15) is 4.79 Å². The molecule has 128 valence electrons. The molecular formula is C19H23BrN2O2. The predicted octanol–water partition coefficient (Wildman–Crippen LogP) is 4.31. The third-order valence-electron chi connectivity index (χ3n) is 3.69. The van der Waals surface area contributed by atoms with E-state index >= 15 is 0 Å². The largest absolute Gasteiger partial charge is 0.484 e. The molecule has 2 aromatic carbocycles. The summed E-state index contributed by atoms with van der Waals surface area (Å²) in [7, 11) is 0. The minimum Gasteiger partial charge on any atom is -0.484 e. The summed E-state index contributed by atoms with van der Waals surface area (Å²) >= 11 is 3.37. The third-order valence-corrected chi connectivity index (χ3v) is 4.22. The van der Waals surface area contributed by atoms with Gasteiger partial charge >= 0.3 is 0 Å². The number of halogens is 1. The van der Waals surface area contributed by atoms with Crippen molar-refractivity contribution in [3.63, 3.8) is 0 Å². The molecule has 2 rings (SSSR count). The second-order valence-corrected chi connectivity index (χ2v) is 6.37. The predicted molar refractivity (Wildman–Crippen MR) is 101 cm³/mol. The van der Waals surface area contributed by atoms with E-state index in [0.717, 1.165) is 29.8 Å². The first kappa shape index (κ1) is 18.5. The lowest BCUT2D eigenvalue weighted by Gasteiger charge is -2.18. The van der Waals surface area contributed by atoms with Gasteiger partial charge in [-0.1, -0.05) is 41.9 Å². The number of carbonyl (C=O) groups is 1. The molecule has 1 N–H and O–H groups in total. The van der Waals surface area contributed by atoms with Crippen LogP contribution in [-0.4, -0.2) is 30.5 Å². The molecule has 0 heterocycles. The Bertz CT molecular complexity index is 655. The minimum atomic E-state index is -0.169. The molecule has 24 heavy (non-hydrogen) atoms. The van der Waals surface area contributed by atoms with Crippen LogP contribution in [0.2, 0.25) is 0 Å². The van der Waals surface area contributed by atoms with Crippen molar-refractivity contribution in [3.05, 3.63) is 58.6 Å². The Morgan fingerprint density at radius 3 is 2.50 bits per heavy atom. The lowest BCUT2D eigenvalue weighted by molar-refractivity contribution is -0.118. The molecule has 1 amide bonds. The maximum Gasteiger partial charge on any atom is 0.262 e.